The number of ketones is 1. The summed E-state index contributed by atoms with van der Waals surface area (Å²) in [7, 11) is 0. The van der Waals surface area contributed by atoms with Gasteiger partial charge in [-0.05, 0) is 119 Å². The minimum absolute atomic E-state index is 0.0586. The predicted molar refractivity (Wildman–Crippen MR) is 221 cm³/mol. The number of fused-ring (bicyclic) bond motifs is 5. The van der Waals surface area contributed by atoms with Gasteiger partial charge in [-0.15, -0.1) is 0 Å². The van der Waals surface area contributed by atoms with E-state index in [9.17, 15) is 24.3 Å². The molecule has 0 amide bonds. The molecular formula is C48H80O8. The van der Waals surface area contributed by atoms with Gasteiger partial charge in [0.15, 0.2) is 6.10 Å². The Hall–Kier alpha value is -2.22. The molecule has 4 aliphatic carbocycles. The van der Waals surface area contributed by atoms with Crippen molar-refractivity contribution in [3.05, 3.63) is 11.1 Å². The molecule has 3 fully saturated rings. The minimum Gasteiger partial charge on any atom is -0.461 e. The summed E-state index contributed by atoms with van der Waals surface area (Å²) in [6, 6.07) is 0. The van der Waals surface area contributed by atoms with E-state index in [2.05, 4.69) is 55.4 Å². The standard InChI is InChI=1S/C48H80O8/c1-15-30(16-2)41(50)54-35-28-34-33(21-25-47(34,13)48(14)26-22-37-44(8,9)38(49)23-24-46(37,12)39(35)48)29(7)27-36(55-42(51)31(17-3)18-4)40(45(10,11)53)56-43(52)32(19-5)20-6/h29-32,35-37,39-40,53H,15-28H2,1-14H3/t29-,35+,36+,37+,39+,40-,46+,47+,48+/m1/s1. The molecule has 8 heteroatoms. The van der Waals surface area contributed by atoms with Gasteiger partial charge in [0.1, 0.15) is 18.0 Å². The van der Waals surface area contributed by atoms with E-state index < -0.39 is 23.2 Å². The number of Topliss-reactive ketones (excluding diaryl/α,β-unsaturated/α-hetero) is 1. The van der Waals surface area contributed by atoms with Gasteiger partial charge in [-0.25, -0.2) is 0 Å². The van der Waals surface area contributed by atoms with Gasteiger partial charge in [0.2, 0.25) is 0 Å². The van der Waals surface area contributed by atoms with Crippen molar-refractivity contribution < 1.29 is 38.5 Å². The van der Waals surface area contributed by atoms with Gasteiger partial charge >= 0.3 is 17.9 Å². The highest BCUT2D eigenvalue weighted by Crippen LogP contribution is 2.74. The molecule has 4 aliphatic rings. The lowest BCUT2D eigenvalue weighted by Crippen LogP contribution is -2.66. The number of esters is 3. The molecule has 0 heterocycles. The first-order chi connectivity index (χ1) is 26.1. The van der Waals surface area contributed by atoms with Crippen LogP contribution in [0.4, 0.5) is 0 Å². The first-order valence-electron chi connectivity index (χ1n) is 22.6. The summed E-state index contributed by atoms with van der Waals surface area (Å²) in [5.74, 6) is -0.975. The summed E-state index contributed by atoms with van der Waals surface area (Å²) in [6.07, 6.45) is 7.92. The number of aliphatic hydroxyl groups is 1. The van der Waals surface area contributed by atoms with Crippen LogP contribution in [0, 0.1) is 57.2 Å². The maximum atomic E-state index is 14.0. The van der Waals surface area contributed by atoms with Crippen LogP contribution in [0.2, 0.25) is 0 Å². The Morgan fingerprint density at radius 1 is 0.768 bits per heavy atom. The molecule has 0 saturated heterocycles. The van der Waals surface area contributed by atoms with Crippen LogP contribution in [-0.2, 0) is 33.4 Å². The predicted octanol–water partition coefficient (Wildman–Crippen LogP) is 10.8. The number of carbonyl (C=O) groups is 4. The van der Waals surface area contributed by atoms with Gasteiger partial charge < -0.3 is 19.3 Å². The Balaban J connectivity index is 1.82. The highest BCUT2D eigenvalue weighted by Gasteiger charge is 2.70. The van der Waals surface area contributed by atoms with Gasteiger partial charge in [0.05, 0.1) is 23.4 Å². The molecule has 0 spiro atoms. The van der Waals surface area contributed by atoms with Crippen molar-refractivity contribution in [2.45, 2.75) is 211 Å². The molecule has 0 aromatic heterocycles. The van der Waals surface area contributed by atoms with Gasteiger partial charge in [-0.3, -0.25) is 19.2 Å². The monoisotopic (exact) mass is 785 g/mol. The molecule has 4 rings (SSSR count). The Kier molecular flexibility index (Phi) is 14.6. The number of allylic oxidation sites excluding steroid dienone is 1. The van der Waals surface area contributed by atoms with Gasteiger partial charge in [-0.2, -0.15) is 0 Å². The summed E-state index contributed by atoms with van der Waals surface area (Å²) < 4.78 is 19.3. The van der Waals surface area contributed by atoms with Crippen LogP contribution in [-0.4, -0.2) is 52.7 Å². The van der Waals surface area contributed by atoms with Crippen LogP contribution in [0.1, 0.15) is 187 Å². The molecule has 3 saturated carbocycles. The van der Waals surface area contributed by atoms with E-state index in [1.165, 1.54) is 11.1 Å². The van der Waals surface area contributed by atoms with Crippen molar-refractivity contribution in [3.63, 3.8) is 0 Å². The number of hydrogen-bond donors (Lipinski definition) is 1. The summed E-state index contributed by atoms with van der Waals surface area (Å²) >= 11 is 0. The van der Waals surface area contributed by atoms with Crippen LogP contribution in [0.25, 0.3) is 0 Å². The molecule has 0 aromatic rings. The zero-order valence-electron chi connectivity index (χ0n) is 37.9. The van der Waals surface area contributed by atoms with Gasteiger partial charge in [0.25, 0.3) is 0 Å². The van der Waals surface area contributed by atoms with Crippen molar-refractivity contribution in [1.82, 2.24) is 0 Å². The second-order valence-corrected chi connectivity index (χ2v) is 20.3. The van der Waals surface area contributed by atoms with Crippen LogP contribution < -0.4 is 0 Å². The van der Waals surface area contributed by atoms with Gasteiger partial charge in [-0.1, -0.05) is 94.2 Å². The molecular weight excluding hydrogens is 705 g/mol. The largest absolute Gasteiger partial charge is 0.461 e. The number of ether oxygens (including phenoxy) is 3. The van der Waals surface area contributed by atoms with Crippen molar-refractivity contribution in [2.24, 2.45) is 57.2 Å². The lowest BCUT2D eigenvalue weighted by Gasteiger charge is -2.69. The van der Waals surface area contributed by atoms with E-state index in [0.29, 0.717) is 50.7 Å². The molecule has 0 radical (unpaired) electrons. The fourth-order valence-corrected chi connectivity index (χ4v) is 12.7. The Bertz CT molecular complexity index is 1460. The minimum atomic E-state index is -1.47. The highest BCUT2D eigenvalue weighted by molar-refractivity contribution is 5.85. The van der Waals surface area contributed by atoms with Gasteiger partial charge in [0, 0.05) is 24.2 Å². The fraction of sp³-hybridized carbons (Fsp3) is 0.875. The molecule has 9 atom stereocenters. The number of hydrogen-bond acceptors (Lipinski definition) is 8. The van der Waals surface area contributed by atoms with E-state index in [1.807, 2.05) is 27.7 Å². The summed E-state index contributed by atoms with van der Waals surface area (Å²) in [6.45, 7) is 29.0. The third-order valence-electron chi connectivity index (χ3n) is 16.6. The quantitative estimate of drug-likeness (QED) is 0.0880. The molecule has 0 bridgehead atoms. The third-order valence-corrected chi connectivity index (χ3v) is 16.6. The maximum absolute atomic E-state index is 14.0. The molecule has 8 nitrogen and oxygen atoms in total. The first kappa shape index (κ1) is 46.5. The van der Waals surface area contributed by atoms with E-state index in [4.69, 9.17) is 14.2 Å². The summed E-state index contributed by atoms with van der Waals surface area (Å²) in [4.78, 5) is 54.6. The van der Waals surface area contributed by atoms with E-state index in [-0.39, 0.29) is 75.8 Å². The number of rotatable bonds is 17. The normalized spacial score (nSPS) is 31.8. The summed E-state index contributed by atoms with van der Waals surface area (Å²) in [5, 5.41) is 11.6. The molecule has 56 heavy (non-hydrogen) atoms. The average molecular weight is 785 g/mol. The topological polar surface area (TPSA) is 116 Å². The zero-order valence-corrected chi connectivity index (χ0v) is 37.9. The van der Waals surface area contributed by atoms with Crippen LogP contribution >= 0.6 is 0 Å². The maximum Gasteiger partial charge on any atom is 0.309 e. The Morgan fingerprint density at radius 3 is 1.80 bits per heavy atom. The molecule has 1 N–H and O–H groups in total. The number of carbonyl (C=O) groups excluding carboxylic acids is 4. The lowest BCUT2D eigenvalue weighted by atomic mass is 9.36. The Morgan fingerprint density at radius 2 is 1.29 bits per heavy atom. The molecule has 0 aromatic carbocycles. The molecule has 320 valence electrons. The highest BCUT2D eigenvalue weighted by atomic mass is 16.6. The fourth-order valence-electron chi connectivity index (χ4n) is 12.7. The second kappa shape index (κ2) is 17.6. The van der Waals surface area contributed by atoms with Crippen molar-refractivity contribution in [1.29, 1.82) is 0 Å². The zero-order chi connectivity index (χ0) is 42.2. The van der Waals surface area contributed by atoms with Crippen molar-refractivity contribution >= 4 is 23.7 Å². The van der Waals surface area contributed by atoms with Crippen LogP contribution in [0.5, 0.6) is 0 Å². The van der Waals surface area contributed by atoms with Crippen LogP contribution in [0.15, 0.2) is 11.1 Å². The van der Waals surface area contributed by atoms with Crippen LogP contribution in [0.3, 0.4) is 0 Å². The second-order valence-electron chi connectivity index (χ2n) is 20.3. The lowest BCUT2D eigenvalue weighted by molar-refractivity contribution is -0.219. The van der Waals surface area contributed by atoms with E-state index >= 15 is 0 Å². The van der Waals surface area contributed by atoms with Crippen molar-refractivity contribution in [2.75, 3.05) is 0 Å². The van der Waals surface area contributed by atoms with Crippen molar-refractivity contribution in [3.8, 4) is 0 Å². The third kappa shape index (κ3) is 8.31. The molecule has 0 aliphatic heterocycles. The Labute approximate surface area is 340 Å². The SMILES string of the molecule is CCC(CC)C(=O)O[C@@H](C[C@@H](C)C1=C2C[C@H](OC(=O)C(CC)CC)[C@H]3[C@@]4(C)CCC(=O)C(C)(C)[C@@H]4CC[C@]3(C)[C@@]2(C)CC1)[C@@H](OC(=O)C(CC)CC)C(C)(C)O. The average Bonchev–Trinajstić information content (AvgIpc) is 3.47. The van der Waals surface area contributed by atoms with E-state index in [1.54, 1.807) is 13.8 Å². The smallest absolute Gasteiger partial charge is 0.309 e. The summed E-state index contributed by atoms with van der Waals surface area (Å²) in [5.41, 5.74) is 0.276. The van der Waals surface area contributed by atoms with E-state index in [0.717, 1.165) is 44.9 Å². The first-order valence-corrected chi connectivity index (χ1v) is 22.6. The molecule has 0 unspecified atom stereocenters.